The second-order valence-electron chi connectivity index (χ2n) is 5.19. The second kappa shape index (κ2) is 9.40. The maximum atomic E-state index is 12.5. The number of benzene rings is 2. The van der Waals surface area contributed by atoms with Crippen molar-refractivity contribution in [3.8, 4) is 11.5 Å². The number of halogens is 4. The van der Waals surface area contributed by atoms with E-state index < -0.39 is 30.8 Å². The maximum absolute atomic E-state index is 12.5. The Morgan fingerprint density at radius 3 is 2.32 bits per heavy atom. The smallest absolute Gasteiger partial charge is 0.387 e. The van der Waals surface area contributed by atoms with Crippen molar-refractivity contribution in [2.45, 2.75) is 13.2 Å². The van der Waals surface area contributed by atoms with Crippen molar-refractivity contribution in [2.24, 2.45) is 5.73 Å². The summed E-state index contributed by atoms with van der Waals surface area (Å²) in [6.45, 7) is -6.36. The van der Waals surface area contributed by atoms with Gasteiger partial charge in [-0.3, -0.25) is 9.59 Å². The molecule has 0 unspecified atom stereocenters. The van der Waals surface area contributed by atoms with Crippen molar-refractivity contribution in [1.82, 2.24) is 0 Å². The summed E-state index contributed by atoms with van der Waals surface area (Å²) in [5.41, 5.74) is 5.47. The minimum Gasteiger partial charge on any atom is -0.435 e. The third-order valence-electron chi connectivity index (χ3n) is 3.29. The van der Waals surface area contributed by atoms with E-state index in [0.717, 1.165) is 30.4 Å². The molecule has 2 rings (SSSR count). The van der Waals surface area contributed by atoms with Gasteiger partial charge < -0.3 is 20.5 Å². The van der Waals surface area contributed by atoms with Crippen LogP contribution in [0.25, 0.3) is 6.08 Å². The molecule has 3 N–H and O–H groups in total. The van der Waals surface area contributed by atoms with E-state index in [9.17, 15) is 27.2 Å². The molecule has 0 aliphatic carbocycles. The number of ether oxygens (including phenoxy) is 2. The number of para-hydroxylation sites is 1. The van der Waals surface area contributed by atoms with Crippen LogP contribution < -0.4 is 20.5 Å². The number of rotatable bonds is 8. The summed E-state index contributed by atoms with van der Waals surface area (Å²) in [5, 5.41) is 2.42. The average Bonchev–Trinajstić information content (AvgIpc) is 2.60. The molecule has 28 heavy (non-hydrogen) atoms. The zero-order valence-electron chi connectivity index (χ0n) is 14.1. The highest BCUT2D eigenvalue weighted by Gasteiger charge is 2.13. The first-order chi connectivity index (χ1) is 13.3. The highest BCUT2D eigenvalue weighted by Crippen LogP contribution is 2.28. The predicted molar refractivity (Wildman–Crippen MR) is 92.3 cm³/mol. The third kappa shape index (κ3) is 6.01. The Balaban J connectivity index is 2.20. The molecule has 2 aromatic carbocycles. The Bertz CT molecular complexity index is 888. The number of hydrogen-bond donors (Lipinski definition) is 2. The predicted octanol–water partition coefficient (Wildman–Crippen LogP) is 3.64. The van der Waals surface area contributed by atoms with Crippen molar-refractivity contribution < 1.29 is 36.6 Å². The Morgan fingerprint density at radius 1 is 1.00 bits per heavy atom. The van der Waals surface area contributed by atoms with Crippen molar-refractivity contribution in [3.63, 3.8) is 0 Å². The normalized spacial score (nSPS) is 11.1. The second-order valence-corrected chi connectivity index (χ2v) is 5.19. The molecule has 0 fully saturated rings. The molecule has 2 amide bonds. The lowest BCUT2D eigenvalue weighted by molar-refractivity contribution is -0.111. The molecule has 0 saturated heterocycles. The molecule has 6 nitrogen and oxygen atoms in total. The van der Waals surface area contributed by atoms with Gasteiger partial charge >= 0.3 is 13.2 Å². The van der Waals surface area contributed by atoms with E-state index in [1.165, 1.54) is 12.1 Å². The van der Waals surface area contributed by atoms with E-state index in [0.29, 0.717) is 0 Å². The van der Waals surface area contributed by atoms with Crippen LogP contribution in [0.5, 0.6) is 11.5 Å². The van der Waals surface area contributed by atoms with E-state index in [1.54, 1.807) is 12.1 Å². The molecule has 0 bridgehead atoms. The molecular formula is C18H14F4N2O4. The third-order valence-corrected chi connectivity index (χ3v) is 3.29. The number of alkyl halides is 4. The first-order valence-electron chi connectivity index (χ1n) is 7.68. The Hall–Kier alpha value is -3.56. The van der Waals surface area contributed by atoms with E-state index in [4.69, 9.17) is 5.73 Å². The van der Waals surface area contributed by atoms with E-state index in [2.05, 4.69) is 14.8 Å². The van der Waals surface area contributed by atoms with Gasteiger partial charge in [0.1, 0.15) is 11.5 Å². The summed E-state index contributed by atoms with van der Waals surface area (Å²) >= 11 is 0. The number of primary amides is 1. The van der Waals surface area contributed by atoms with Gasteiger partial charge in [-0.2, -0.15) is 17.6 Å². The summed E-state index contributed by atoms with van der Waals surface area (Å²) < 4.78 is 58.0. The number of amides is 2. The Kier molecular flexibility index (Phi) is 6.96. The Labute approximate surface area is 156 Å². The number of carbonyl (C=O) groups is 2. The van der Waals surface area contributed by atoms with Gasteiger partial charge in [-0.25, -0.2) is 0 Å². The van der Waals surface area contributed by atoms with Gasteiger partial charge in [-0.1, -0.05) is 12.1 Å². The molecule has 0 spiro atoms. The van der Waals surface area contributed by atoms with Crippen LogP contribution in [0.2, 0.25) is 0 Å². The first-order valence-corrected chi connectivity index (χ1v) is 7.68. The van der Waals surface area contributed by atoms with Crippen LogP contribution in [-0.2, 0) is 4.79 Å². The molecular weight excluding hydrogens is 384 g/mol. The average molecular weight is 398 g/mol. The molecule has 0 aliphatic heterocycles. The number of nitrogens with two attached hydrogens (primary N) is 1. The first kappa shape index (κ1) is 20.7. The van der Waals surface area contributed by atoms with Gasteiger partial charge in [-0.05, 0) is 30.3 Å². The fourth-order valence-electron chi connectivity index (χ4n) is 2.17. The van der Waals surface area contributed by atoms with Crippen LogP contribution >= 0.6 is 0 Å². The van der Waals surface area contributed by atoms with Gasteiger partial charge in [0.15, 0.2) is 0 Å². The largest absolute Gasteiger partial charge is 0.435 e. The minimum absolute atomic E-state index is 0.0141. The van der Waals surface area contributed by atoms with E-state index in [1.807, 2.05) is 0 Å². The zero-order chi connectivity index (χ0) is 20.7. The maximum Gasteiger partial charge on any atom is 0.387 e. The van der Waals surface area contributed by atoms with Crippen LogP contribution in [0.3, 0.4) is 0 Å². The van der Waals surface area contributed by atoms with Crippen molar-refractivity contribution >= 4 is 23.6 Å². The van der Waals surface area contributed by atoms with Gasteiger partial charge in [0.2, 0.25) is 5.91 Å². The van der Waals surface area contributed by atoms with Gasteiger partial charge in [0.05, 0.1) is 11.3 Å². The Morgan fingerprint density at radius 2 is 1.68 bits per heavy atom. The van der Waals surface area contributed by atoms with Gasteiger partial charge in [0, 0.05) is 17.7 Å². The van der Waals surface area contributed by atoms with E-state index in [-0.39, 0.29) is 22.6 Å². The number of anilines is 1. The standard InChI is InChI=1S/C18H14F4N2O4/c19-17(20)27-11-7-5-10(14(9-11)28-18(21)22)6-8-15(25)24-13-4-2-1-3-12(13)16(23)26/h1-9,17-18H,(H2,23,26)(H,24,25)/b8-6+. The number of hydrogen-bond acceptors (Lipinski definition) is 4. The molecule has 0 saturated carbocycles. The fourth-order valence-corrected chi connectivity index (χ4v) is 2.17. The summed E-state index contributed by atoms with van der Waals surface area (Å²) in [6, 6.07) is 9.11. The monoisotopic (exact) mass is 398 g/mol. The number of carbonyl (C=O) groups excluding carboxylic acids is 2. The van der Waals surface area contributed by atoms with Gasteiger partial charge in [-0.15, -0.1) is 0 Å². The fraction of sp³-hybridized carbons (Fsp3) is 0.111. The van der Waals surface area contributed by atoms with Crippen LogP contribution in [-0.4, -0.2) is 25.0 Å². The van der Waals surface area contributed by atoms with Gasteiger partial charge in [0.25, 0.3) is 5.91 Å². The summed E-state index contributed by atoms with van der Waals surface area (Å²) in [6.07, 6.45) is 2.12. The van der Waals surface area contributed by atoms with Crippen LogP contribution in [0, 0.1) is 0 Å². The summed E-state index contributed by atoms with van der Waals surface area (Å²) in [4.78, 5) is 23.4. The highest BCUT2D eigenvalue weighted by molar-refractivity contribution is 6.07. The number of nitrogens with one attached hydrogen (secondary N) is 1. The molecule has 0 radical (unpaired) electrons. The summed E-state index contributed by atoms with van der Waals surface area (Å²) in [7, 11) is 0. The molecule has 0 aliphatic rings. The lowest BCUT2D eigenvalue weighted by Gasteiger charge is -2.11. The molecule has 0 atom stereocenters. The van der Waals surface area contributed by atoms with Crippen molar-refractivity contribution in [1.29, 1.82) is 0 Å². The lowest BCUT2D eigenvalue weighted by Crippen LogP contribution is -2.16. The SMILES string of the molecule is NC(=O)c1ccccc1NC(=O)/C=C/c1ccc(OC(F)F)cc1OC(F)F. The molecule has 2 aromatic rings. The zero-order valence-corrected chi connectivity index (χ0v) is 14.1. The van der Waals surface area contributed by atoms with Crippen molar-refractivity contribution in [3.05, 3.63) is 59.7 Å². The van der Waals surface area contributed by atoms with Crippen LogP contribution in [0.15, 0.2) is 48.5 Å². The van der Waals surface area contributed by atoms with Crippen molar-refractivity contribution in [2.75, 3.05) is 5.32 Å². The van der Waals surface area contributed by atoms with Crippen LogP contribution in [0.1, 0.15) is 15.9 Å². The highest BCUT2D eigenvalue weighted by atomic mass is 19.3. The molecule has 0 aromatic heterocycles. The minimum atomic E-state index is -3.22. The lowest BCUT2D eigenvalue weighted by atomic mass is 10.1. The molecule has 10 heteroatoms. The van der Waals surface area contributed by atoms with Crippen LogP contribution in [0.4, 0.5) is 23.2 Å². The van der Waals surface area contributed by atoms with E-state index >= 15 is 0 Å². The quantitative estimate of drug-likeness (QED) is 0.525. The molecule has 0 heterocycles. The topological polar surface area (TPSA) is 90.7 Å². The molecule has 148 valence electrons. The summed E-state index contributed by atoms with van der Waals surface area (Å²) in [5.74, 6) is -2.29.